The largest absolute Gasteiger partial charge is 0.357 e. The molecule has 0 unspecified atom stereocenters. The highest BCUT2D eigenvalue weighted by atomic mass is 15.2. The van der Waals surface area contributed by atoms with E-state index < -0.39 is 0 Å². The summed E-state index contributed by atoms with van der Waals surface area (Å²) in [5, 5.41) is 3.45. The van der Waals surface area contributed by atoms with Crippen LogP contribution in [0.15, 0.2) is 12.1 Å². The van der Waals surface area contributed by atoms with Crippen LogP contribution in [0.25, 0.3) is 0 Å². The van der Waals surface area contributed by atoms with Crippen LogP contribution in [0.2, 0.25) is 0 Å². The Labute approximate surface area is 118 Å². The fraction of sp³-hybridized carbons (Fsp3) is 0.688. The number of aryl methyl sites for hydroxylation is 1. The minimum atomic E-state index is 0.510. The molecular weight excluding hydrogens is 234 g/mol. The number of rotatable bonds is 8. The van der Waals surface area contributed by atoms with E-state index in [1.807, 2.05) is 0 Å². The van der Waals surface area contributed by atoms with Gasteiger partial charge in [0.1, 0.15) is 5.82 Å². The van der Waals surface area contributed by atoms with Crippen molar-refractivity contribution in [3.8, 4) is 0 Å². The van der Waals surface area contributed by atoms with E-state index in [1.165, 1.54) is 5.56 Å². The Bertz CT molecular complexity index is 368. The second-order valence-electron chi connectivity index (χ2n) is 5.44. The predicted octanol–water partition coefficient (Wildman–Crippen LogP) is 3.51. The maximum Gasteiger partial charge on any atom is 0.128 e. The first-order valence-electron chi connectivity index (χ1n) is 7.53. The van der Waals surface area contributed by atoms with Crippen molar-refractivity contribution in [3.63, 3.8) is 0 Å². The molecule has 1 N–H and O–H groups in total. The van der Waals surface area contributed by atoms with E-state index in [0.717, 1.165) is 44.0 Å². The molecule has 1 aromatic heterocycles. The lowest BCUT2D eigenvalue weighted by Gasteiger charge is -2.23. The van der Waals surface area contributed by atoms with Gasteiger partial charge >= 0.3 is 0 Å². The van der Waals surface area contributed by atoms with Crippen LogP contribution in [0.3, 0.4) is 0 Å². The SMILES string of the molecule is CCCN(CCC)c1ccc(CNC(C)C)c(C)n1. The number of hydrogen-bond donors (Lipinski definition) is 1. The highest BCUT2D eigenvalue weighted by Crippen LogP contribution is 2.16. The number of hydrogen-bond acceptors (Lipinski definition) is 3. The van der Waals surface area contributed by atoms with E-state index in [2.05, 4.69) is 57.0 Å². The highest BCUT2D eigenvalue weighted by Gasteiger charge is 2.08. The van der Waals surface area contributed by atoms with Crippen molar-refractivity contribution < 1.29 is 0 Å². The maximum absolute atomic E-state index is 4.77. The van der Waals surface area contributed by atoms with Gasteiger partial charge < -0.3 is 10.2 Å². The molecule has 0 aromatic carbocycles. The highest BCUT2D eigenvalue weighted by molar-refractivity contribution is 5.41. The number of pyridine rings is 1. The summed E-state index contributed by atoms with van der Waals surface area (Å²) in [5.74, 6) is 1.12. The van der Waals surface area contributed by atoms with Crippen molar-refractivity contribution in [1.82, 2.24) is 10.3 Å². The third-order valence-corrected chi connectivity index (χ3v) is 3.19. The number of aromatic nitrogens is 1. The zero-order chi connectivity index (χ0) is 14.3. The molecule has 0 aliphatic heterocycles. The number of nitrogens with one attached hydrogen (secondary N) is 1. The Morgan fingerprint density at radius 1 is 1.16 bits per heavy atom. The van der Waals surface area contributed by atoms with Crippen molar-refractivity contribution in [1.29, 1.82) is 0 Å². The zero-order valence-corrected chi connectivity index (χ0v) is 13.2. The average molecular weight is 263 g/mol. The number of anilines is 1. The summed E-state index contributed by atoms with van der Waals surface area (Å²) in [5.41, 5.74) is 2.44. The molecule has 3 nitrogen and oxygen atoms in total. The van der Waals surface area contributed by atoms with Crippen LogP contribution in [-0.2, 0) is 6.54 Å². The Hall–Kier alpha value is -1.09. The van der Waals surface area contributed by atoms with Gasteiger partial charge in [-0.3, -0.25) is 0 Å². The van der Waals surface area contributed by atoms with Gasteiger partial charge in [-0.25, -0.2) is 4.98 Å². The van der Waals surface area contributed by atoms with Gasteiger partial charge in [-0.15, -0.1) is 0 Å². The van der Waals surface area contributed by atoms with Crippen LogP contribution in [-0.4, -0.2) is 24.1 Å². The van der Waals surface area contributed by atoms with E-state index in [0.29, 0.717) is 6.04 Å². The summed E-state index contributed by atoms with van der Waals surface area (Å²) in [4.78, 5) is 7.16. The summed E-state index contributed by atoms with van der Waals surface area (Å²) in [7, 11) is 0. The normalized spacial score (nSPS) is 11.1. The van der Waals surface area contributed by atoms with Crippen molar-refractivity contribution in [2.75, 3.05) is 18.0 Å². The fourth-order valence-corrected chi connectivity index (χ4v) is 2.13. The molecule has 0 saturated carbocycles. The molecule has 108 valence electrons. The fourth-order valence-electron chi connectivity index (χ4n) is 2.13. The van der Waals surface area contributed by atoms with Gasteiger partial charge in [-0.05, 0) is 31.4 Å². The molecule has 0 fully saturated rings. The van der Waals surface area contributed by atoms with Gasteiger partial charge in [-0.1, -0.05) is 33.8 Å². The smallest absolute Gasteiger partial charge is 0.128 e. The van der Waals surface area contributed by atoms with Gasteiger partial charge in [-0.2, -0.15) is 0 Å². The monoisotopic (exact) mass is 263 g/mol. The Morgan fingerprint density at radius 2 is 1.79 bits per heavy atom. The minimum absolute atomic E-state index is 0.510. The van der Waals surface area contributed by atoms with Gasteiger partial charge in [0.25, 0.3) is 0 Å². The standard InChI is InChI=1S/C16H29N3/c1-6-10-19(11-7-2)16-9-8-15(14(5)18-16)12-17-13(3)4/h8-9,13,17H,6-7,10-12H2,1-5H3. The second kappa shape index (κ2) is 8.16. The molecule has 0 aliphatic carbocycles. The first-order valence-corrected chi connectivity index (χ1v) is 7.53. The van der Waals surface area contributed by atoms with E-state index in [4.69, 9.17) is 4.98 Å². The Morgan fingerprint density at radius 3 is 2.26 bits per heavy atom. The Kier molecular flexibility index (Phi) is 6.85. The molecule has 0 bridgehead atoms. The lowest BCUT2D eigenvalue weighted by molar-refractivity contribution is 0.586. The second-order valence-corrected chi connectivity index (χ2v) is 5.44. The van der Waals surface area contributed by atoms with Crippen molar-refractivity contribution >= 4 is 5.82 Å². The lowest BCUT2D eigenvalue weighted by atomic mass is 10.2. The summed E-state index contributed by atoms with van der Waals surface area (Å²) < 4.78 is 0. The maximum atomic E-state index is 4.77. The minimum Gasteiger partial charge on any atom is -0.357 e. The van der Waals surface area contributed by atoms with E-state index in [9.17, 15) is 0 Å². The molecule has 19 heavy (non-hydrogen) atoms. The summed E-state index contributed by atoms with van der Waals surface area (Å²) in [6.45, 7) is 14.0. The van der Waals surface area contributed by atoms with Gasteiger partial charge in [0.15, 0.2) is 0 Å². The lowest BCUT2D eigenvalue weighted by Crippen LogP contribution is -2.26. The molecule has 0 amide bonds. The van der Waals surface area contributed by atoms with Crippen LogP contribution < -0.4 is 10.2 Å². The van der Waals surface area contributed by atoms with E-state index in [-0.39, 0.29) is 0 Å². The molecule has 1 aromatic rings. The van der Waals surface area contributed by atoms with Crippen LogP contribution in [0.4, 0.5) is 5.82 Å². The number of nitrogens with zero attached hydrogens (tertiary/aromatic N) is 2. The first kappa shape index (κ1) is 16.0. The molecule has 3 heteroatoms. The van der Waals surface area contributed by atoms with Gasteiger partial charge in [0, 0.05) is 31.4 Å². The molecule has 0 atom stereocenters. The molecule has 0 saturated heterocycles. The molecule has 1 heterocycles. The van der Waals surface area contributed by atoms with Gasteiger partial charge in [0.05, 0.1) is 0 Å². The average Bonchev–Trinajstić information content (AvgIpc) is 2.37. The predicted molar refractivity (Wildman–Crippen MR) is 83.7 cm³/mol. The van der Waals surface area contributed by atoms with Crippen molar-refractivity contribution in [2.45, 2.75) is 60.0 Å². The van der Waals surface area contributed by atoms with E-state index in [1.54, 1.807) is 0 Å². The molecule has 0 aliphatic rings. The third kappa shape index (κ3) is 5.19. The van der Waals surface area contributed by atoms with Crippen LogP contribution in [0.5, 0.6) is 0 Å². The Balaban J connectivity index is 2.78. The quantitative estimate of drug-likeness (QED) is 0.778. The van der Waals surface area contributed by atoms with E-state index >= 15 is 0 Å². The van der Waals surface area contributed by atoms with Crippen LogP contribution in [0, 0.1) is 6.92 Å². The summed E-state index contributed by atoms with van der Waals surface area (Å²) >= 11 is 0. The van der Waals surface area contributed by atoms with Crippen LogP contribution in [0.1, 0.15) is 51.8 Å². The molecule has 0 radical (unpaired) electrons. The summed E-state index contributed by atoms with van der Waals surface area (Å²) in [6.07, 6.45) is 2.33. The summed E-state index contributed by atoms with van der Waals surface area (Å²) in [6, 6.07) is 4.89. The first-order chi connectivity index (χ1) is 9.08. The third-order valence-electron chi connectivity index (χ3n) is 3.19. The zero-order valence-electron chi connectivity index (χ0n) is 13.2. The molecule has 1 rings (SSSR count). The molecule has 0 spiro atoms. The van der Waals surface area contributed by atoms with Crippen molar-refractivity contribution in [2.24, 2.45) is 0 Å². The van der Waals surface area contributed by atoms with Crippen molar-refractivity contribution in [3.05, 3.63) is 23.4 Å². The van der Waals surface area contributed by atoms with Crippen LogP contribution >= 0.6 is 0 Å². The topological polar surface area (TPSA) is 28.2 Å². The van der Waals surface area contributed by atoms with Gasteiger partial charge in [0.2, 0.25) is 0 Å². The molecular formula is C16H29N3.